The first-order valence-corrected chi connectivity index (χ1v) is 7.70. The Kier molecular flexibility index (Phi) is 7.78. The maximum atomic E-state index is 6.13. The first-order chi connectivity index (χ1) is 9.62. The van der Waals surface area contributed by atoms with Gasteiger partial charge in [0, 0.05) is 23.2 Å². The molecule has 0 heterocycles. The molecular formula is C16H26ClNO2. The third-order valence-corrected chi connectivity index (χ3v) is 3.39. The van der Waals surface area contributed by atoms with E-state index >= 15 is 0 Å². The topological polar surface area (TPSA) is 30.5 Å². The quantitative estimate of drug-likeness (QED) is 0.738. The lowest BCUT2D eigenvalue weighted by molar-refractivity contribution is 0.237. The van der Waals surface area contributed by atoms with E-state index in [1.165, 1.54) is 12.8 Å². The molecule has 1 rings (SSSR count). The van der Waals surface area contributed by atoms with Gasteiger partial charge in [-0.05, 0) is 24.9 Å². The van der Waals surface area contributed by atoms with Crippen LogP contribution in [0, 0.1) is 5.92 Å². The maximum Gasteiger partial charge on any atom is 0.165 e. The Labute approximate surface area is 127 Å². The Morgan fingerprint density at radius 1 is 1.30 bits per heavy atom. The fraction of sp³-hybridized carbons (Fsp3) is 0.625. The zero-order valence-corrected chi connectivity index (χ0v) is 13.7. The second-order valence-corrected chi connectivity index (χ2v) is 5.52. The Balaban J connectivity index is 2.88. The minimum absolute atomic E-state index is 0.535. The SMILES string of the molecule is CCCC(C)COc1c(CNCC)cc(Cl)cc1OC. The van der Waals surface area contributed by atoms with Gasteiger partial charge in [-0.2, -0.15) is 0 Å². The van der Waals surface area contributed by atoms with Crippen LogP contribution in [0.4, 0.5) is 0 Å². The van der Waals surface area contributed by atoms with Crippen LogP contribution >= 0.6 is 11.6 Å². The minimum atomic E-state index is 0.535. The van der Waals surface area contributed by atoms with Crippen molar-refractivity contribution in [3.05, 3.63) is 22.7 Å². The number of benzene rings is 1. The van der Waals surface area contributed by atoms with Crippen molar-refractivity contribution in [3.63, 3.8) is 0 Å². The number of methoxy groups -OCH3 is 1. The van der Waals surface area contributed by atoms with Crippen LogP contribution in [0.25, 0.3) is 0 Å². The van der Waals surface area contributed by atoms with Crippen LogP contribution in [0.1, 0.15) is 39.2 Å². The number of hydrogen-bond acceptors (Lipinski definition) is 3. The van der Waals surface area contributed by atoms with Crippen molar-refractivity contribution in [2.24, 2.45) is 5.92 Å². The highest BCUT2D eigenvalue weighted by molar-refractivity contribution is 6.30. The molecule has 0 amide bonds. The summed E-state index contributed by atoms with van der Waals surface area (Å²) in [6.45, 7) is 8.80. The Hall–Kier alpha value is -0.930. The lowest BCUT2D eigenvalue weighted by Gasteiger charge is -2.18. The van der Waals surface area contributed by atoms with Crippen molar-refractivity contribution in [1.29, 1.82) is 0 Å². The van der Waals surface area contributed by atoms with Crippen molar-refractivity contribution < 1.29 is 9.47 Å². The summed E-state index contributed by atoms with van der Waals surface area (Å²) in [5.74, 6) is 2.04. The van der Waals surface area contributed by atoms with Gasteiger partial charge in [0.2, 0.25) is 0 Å². The van der Waals surface area contributed by atoms with E-state index in [1.54, 1.807) is 13.2 Å². The van der Waals surface area contributed by atoms with Crippen molar-refractivity contribution >= 4 is 11.6 Å². The molecule has 0 saturated heterocycles. The zero-order valence-electron chi connectivity index (χ0n) is 13.0. The van der Waals surface area contributed by atoms with Crippen LogP contribution in [0.2, 0.25) is 5.02 Å². The van der Waals surface area contributed by atoms with Crippen molar-refractivity contribution in [2.75, 3.05) is 20.3 Å². The molecule has 1 unspecified atom stereocenters. The van der Waals surface area contributed by atoms with Crippen LogP contribution in [-0.2, 0) is 6.54 Å². The molecule has 0 aliphatic rings. The van der Waals surface area contributed by atoms with Gasteiger partial charge in [-0.3, -0.25) is 0 Å². The fourth-order valence-corrected chi connectivity index (χ4v) is 2.36. The molecule has 20 heavy (non-hydrogen) atoms. The molecule has 0 radical (unpaired) electrons. The summed E-state index contributed by atoms with van der Waals surface area (Å²) in [7, 11) is 1.64. The number of halogens is 1. The molecule has 4 heteroatoms. The highest BCUT2D eigenvalue weighted by Crippen LogP contribution is 2.35. The molecule has 0 saturated carbocycles. The van der Waals surface area contributed by atoms with Crippen LogP contribution < -0.4 is 14.8 Å². The van der Waals surface area contributed by atoms with Crippen LogP contribution in [0.3, 0.4) is 0 Å². The summed E-state index contributed by atoms with van der Waals surface area (Å²) >= 11 is 6.13. The second kappa shape index (κ2) is 9.09. The molecule has 1 N–H and O–H groups in total. The molecule has 114 valence electrons. The van der Waals surface area contributed by atoms with Gasteiger partial charge in [-0.15, -0.1) is 0 Å². The lowest BCUT2D eigenvalue weighted by Crippen LogP contribution is -2.15. The number of hydrogen-bond donors (Lipinski definition) is 1. The van der Waals surface area contributed by atoms with E-state index < -0.39 is 0 Å². The fourth-order valence-electron chi connectivity index (χ4n) is 2.13. The zero-order chi connectivity index (χ0) is 15.0. The predicted molar refractivity (Wildman–Crippen MR) is 85.0 cm³/mol. The monoisotopic (exact) mass is 299 g/mol. The van der Waals surface area contributed by atoms with Crippen LogP contribution in [-0.4, -0.2) is 20.3 Å². The maximum absolute atomic E-state index is 6.13. The number of nitrogens with one attached hydrogen (secondary N) is 1. The van der Waals surface area contributed by atoms with Gasteiger partial charge >= 0.3 is 0 Å². The van der Waals surface area contributed by atoms with Crippen LogP contribution in [0.15, 0.2) is 12.1 Å². The van der Waals surface area contributed by atoms with E-state index in [2.05, 4.69) is 26.1 Å². The highest BCUT2D eigenvalue weighted by atomic mass is 35.5. The molecule has 0 aliphatic heterocycles. The van der Waals surface area contributed by atoms with E-state index in [0.717, 1.165) is 24.4 Å². The number of rotatable bonds is 9. The Bertz CT molecular complexity index is 410. The third-order valence-electron chi connectivity index (χ3n) is 3.18. The smallest absolute Gasteiger partial charge is 0.165 e. The summed E-state index contributed by atoms with van der Waals surface area (Å²) < 4.78 is 11.4. The molecule has 0 aliphatic carbocycles. The average molecular weight is 300 g/mol. The summed E-state index contributed by atoms with van der Waals surface area (Å²) in [4.78, 5) is 0. The Morgan fingerprint density at radius 3 is 2.65 bits per heavy atom. The molecule has 1 atom stereocenters. The molecular weight excluding hydrogens is 274 g/mol. The molecule has 0 fully saturated rings. The highest BCUT2D eigenvalue weighted by Gasteiger charge is 2.14. The van der Waals surface area contributed by atoms with E-state index in [-0.39, 0.29) is 0 Å². The average Bonchev–Trinajstić information content (AvgIpc) is 2.43. The number of ether oxygens (including phenoxy) is 2. The molecule has 0 bridgehead atoms. The first-order valence-electron chi connectivity index (χ1n) is 7.32. The van der Waals surface area contributed by atoms with Gasteiger partial charge in [-0.25, -0.2) is 0 Å². The minimum Gasteiger partial charge on any atom is -0.493 e. The standard InChI is InChI=1S/C16H26ClNO2/c1-5-7-12(3)11-20-16-13(10-18-6-2)8-14(17)9-15(16)19-4/h8-9,12,18H,5-7,10-11H2,1-4H3. The van der Waals surface area contributed by atoms with Gasteiger partial charge in [0.25, 0.3) is 0 Å². The van der Waals surface area contributed by atoms with Gasteiger partial charge in [0.05, 0.1) is 13.7 Å². The largest absolute Gasteiger partial charge is 0.493 e. The van der Waals surface area contributed by atoms with Gasteiger partial charge in [0.1, 0.15) is 0 Å². The van der Waals surface area contributed by atoms with E-state index in [4.69, 9.17) is 21.1 Å². The van der Waals surface area contributed by atoms with Gasteiger partial charge in [0.15, 0.2) is 11.5 Å². The van der Waals surface area contributed by atoms with E-state index in [1.807, 2.05) is 6.07 Å². The summed E-state index contributed by atoms with van der Waals surface area (Å²) in [6.07, 6.45) is 2.34. The van der Waals surface area contributed by atoms with Crippen molar-refractivity contribution in [2.45, 2.75) is 40.2 Å². The van der Waals surface area contributed by atoms with Gasteiger partial charge < -0.3 is 14.8 Å². The summed E-state index contributed by atoms with van der Waals surface area (Å²) in [5, 5.41) is 3.97. The third kappa shape index (κ3) is 5.22. The van der Waals surface area contributed by atoms with Crippen molar-refractivity contribution in [1.82, 2.24) is 5.32 Å². The van der Waals surface area contributed by atoms with E-state index in [9.17, 15) is 0 Å². The molecule has 0 spiro atoms. The molecule has 1 aromatic rings. The Morgan fingerprint density at radius 2 is 2.05 bits per heavy atom. The molecule has 0 aromatic heterocycles. The van der Waals surface area contributed by atoms with Crippen molar-refractivity contribution in [3.8, 4) is 11.5 Å². The van der Waals surface area contributed by atoms with Crippen LogP contribution in [0.5, 0.6) is 11.5 Å². The first kappa shape index (κ1) is 17.1. The lowest BCUT2D eigenvalue weighted by atomic mass is 10.1. The molecule has 3 nitrogen and oxygen atoms in total. The molecule has 1 aromatic carbocycles. The van der Waals surface area contributed by atoms with Gasteiger partial charge in [-0.1, -0.05) is 38.8 Å². The second-order valence-electron chi connectivity index (χ2n) is 5.08. The van der Waals surface area contributed by atoms with E-state index in [0.29, 0.717) is 23.3 Å². The normalized spacial score (nSPS) is 12.2. The summed E-state index contributed by atoms with van der Waals surface area (Å²) in [5.41, 5.74) is 1.04. The predicted octanol–water partition coefficient (Wildman–Crippen LogP) is 4.27. The summed E-state index contributed by atoms with van der Waals surface area (Å²) in [6, 6.07) is 3.74.